The number of hydrogen-bond acceptors (Lipinski definition) is 7. The molecule has 0 bridgehead atoms. The molecular formula is C14H15N3O4S. The van der Waals surface area contributed by atoms with Crippen LogP contribution >= 0.6 is 11.8 Å². The summed E-state index contributed by atoms with van der Waals surface area (Å²) >= 11 is 1.25. The molecule has 1 amide bonds. The van der Waals surface area contributed by atoms with Gasteiger partial charge in [0.05, 0.1) is 18.1 Å². The van der Waals surface area contributed by atoms with E-state index in [4.69, 9.17) is 9.84 Å². The van der Waals surface area contributed by atoms with E-state index < -0.39 is 0 Å². The Bertz CT molecular complexity index is 613. The molecule has 116 valence electrons. The van der Waals surface area contributed by atoms with Crippen molar-refractivity contribution >= 4 is 35.0 Å². The van der Waals surface area contributed by atoms with Gasteiger partial charge in [-0.1, -0.05) is 11.8 Å². The third kappa shape index (κ3) is 4.88. The fourth-order valence-electron chi connectivity index (χ4n) is 1.66. The van der Waals surface area contributed by atoms with E-state index in [1.54, 1.807) is 24.3 Å². The second-order valence-corrected chi connectivity index (χ2v) is 5.66. The molecule has 2 rings (SSSR count). The number of phenols is 1. The molecule has 7 nitrogen and oxygen atoms in total. The number of nitrogens with zero attached hydrogens (tertiary/aromatic N) is 2. The zero-order chi connectivity index (χ0) is 15.9. The highest BCUT2D eigenvalue weighted by atomic mass is 32.2. The molecule has 2 N–H and O–H groups in total. The fraction of sp³-hybridized carbons (Fsp3) is 0.286. The van der Waals surface area contributed by atoms with Gasteiger partial charge in [0.2, 0.25) is 5.91 Å². The Morgan fingerprint density at radius 3 is 2.86 bits per heavy atom. The van der Waals surface area contributed by atoms with Crippen molar-refractivity contribution in [2.45, 2.75) is 18.6 Å². The van der Waals surface area contributed by atoms with Crippen LogP contribution in [0.4, 0.5) is 0 Å². The predicted molar refractivity (Wildman–Crippen MR) is 83.9 cm³/mol. The minimum Gasteiger partial charge on any atom is -0.508 e. The van der Waals surface area contributed by atoms with Gasteiger partial charge >= 0.3 is 5.97 Å². The molecule has 0 aromatic heterocycles. The summed E-state index contributed by atoms with van der Waals surface area (Å²) in [6.07, 6.45) is 1.95. The van der Waals surface area contributed by atoms with E-state index in [0.29, 0.717) is 11.6 Å². The molecule has 22 heavy (non-hydrogen) atoms. The summed E-state index contributed by atoms with van der Waals surface area (Å²) in [7, 11) is 0. The number of hydrogen-bond donors (Lipinski definition) is 2. The van der Waals surface area contributed by atoms with Gasteiger partial charge in [-0.05, 0) is 29.8 Å². The number of carbonyl (C=O) groups is 2. The Balaban J connectivity index is 1.86. The zero-order valence-corrected chi connectivity index (χ0v) is 12.7. The molecule has 8 heteroatoms. The first-order valence-corrected chi connectivity index (χ1v) is 7.43. The van der Waals surface area contributed by atoms with Crippen LogP contribution in [0.5, 0.6) is 5.75 Å². The molecule has 1 saturated heterocycles. The van der Waals surface area contributed by atoms with Gasteiger partial charge in [0.25, 0.3) is 0 Å². The summed E-state index contributed by atoms with van der Waals surface area (Å²) in [6, 6.07) is 6.49. The largest absolute Gasteiger partial charge is 0.508 e. The van der Waals surface area contributed by atoms with Gasteiger partial charge in [-0.25, -0.2) is 0 Å². The average Bonchev–Trinajstić information content (AvgIpc) is 2.81. The smallest absolute Gasteiger partial charge is 0.302 e. The number of aromatic hydroxyl groups is 1. The number of thioether (sulfide) groups is 1. The highest BCUT2D eigenvalue weighted by Crippen LogP contribution is 2.22. The first-order valence-electron chi connectivity index (χ1n) is 6.55. The van der Waals surface area contributed by atoms with Gasteiger partial charge < -0.3 is 15.2 Å². The van der Waals surface area contributed by atoms with Crippen molar-refractivity contribution in [3.63, 3.8) is 0 Å². The standard InChI is InChI=1S/C14H15N3O4S/c1-9(18)21-7-6-12-13(20)16-14(22-12)17-15-8-10-2-4-11(19)5-3-10/h2-5,8,12,19H,6-7H2,1H3,(H,16,17,20)/b15-8+. The van der Waals surface area contributed by atoms with Crippen LogP contribution in [-0.4, -0.2) is 40.2 Å². The first-order chi connectivity index (χ1) is 10.5. The molecule has 0 spiro atoms. The molecule has 1 heterocycles. The first kappa shape index (κ1) is 16.0. The normalized spacial score (nSPS) is 19.6. The molecule has 0 aliphatic carbocycles. The van der Waals surface area contributed by atoms with Crippen LogP contribution in [0.15, 0.2) is 34.5 Å². The lowest BCUT2D eigenvalue weighted by molar-refractivity contribution is -0.141. The van der Waals surface area contributed by atoms with Crippen LogP contribution in [0, 0.1) is 0 Å². The number of amides is 1. The Hall–Kier alpha value is -2.35. The Labute approximate surface area is 131 Å². The van der Waals surface area contributed by atoms with Crippen molar-refractivity contribution in [1.29, 1.82) is 0 Å². The van der Waals surface area contributed by atoms with Crippen molar-refractivity contribution in [3.05, 3.63) is 29.8 Å². The molecular weight excluding hydrogens is 306 g/mol. The number of phenolic OH excluding ortho intramolecular Hbond substituents is 1. The number of benzene rings is 1. The maximum Gasteiger partial charge on any atom is 0.302 e. The van der Waals surface area contributed by atoms with Crippen molar-refractivity contribution < 1.29 is 19.4 Å². The maximum atomic E-state index is 11.7. The van der Waals surface area contributed by atoms with Crippen molar-refractivity contribution in [1.82, 2.24) is 5.32 Å². The summed E-state index contributed by atoms with van der Waals surface area (Å²) in [5.41, 5.74) is 0.780. The van der Waals surface area contributed by atoms with Crippen LogP contribution in [-0.2, 0) is 14.3 Å². The summed E-state index contributed by atoms with van der Waals surface area (Å²) in [5, 5.41) is 19.7. The lowest BCUT2D eigenvalue weighted by Gasteiger charge is -2.04. The molecule has 1 fully saturated rings. The monoisotopic (exact) mass is 321 g/mol. The summed E-state index contributed by atoms with van der Waals surface area (Å²) in [5.74, 6) is -0.357. The van der Waals surface area contributed by atoms with E-state index in [9.17, 15) is 9.59 Å². The number of rotatable bonds is 5. The SMILES string of the molecule is CC(=O)OCCC1S/C(=N/N=C/c2ccc(O)cc2)NC1=O. The minimum atomic E-state index is -0.365. The second kappa shape index (κ2) is 7.60. The van der Waals surface area contributed by atoms with Crippen molar-refractivity contribution in [3.8, 4) is 5.75 Å². The number of amidine groups is 1. The zero-order valence-electron chi connectivity index (χ0n) is 11.9. The summed E-state index contributed by atoms with van der Waals surface area (Å²) < 4.78 is 4.81. The van der Waals surface area contributed by atoms with Gasteiger partial charge in [0.1, 0.15) is 5.75 Å². The van der Waals surface area contributed by atoms with E-state index in [1.165, 1.54) is 24.9 Å². The summed E-state index contributed by atoms with van der Waals surface area (Å²) in [4.78, 5) is 22.4. The molecule has 0 saturated carbocycles. The van der Waals surface area contributed by atoms with Gasteiger partial charge in [0, 0.05) is 13.3 Å². The fourth-order valence-corrected chi connectivity index (χ4v) is 2.56. The number of nitrogens with one attached hydrogen (secondary N) is 1. The average molecular weight is 321 g/mol. The van der Waals surface area contributed by atoms with E-state index in [1.807, 2.05) is 0 Å². The van der Waals surface area contributed by atoms with Gasteiger partial charge in [-0.15, -0.1) is 5.10 Å². The van der Waals surface area contributed by atoms with Crippen LogP contribution in [0.3, 0.4) is 0 Å². The van der Waals surface area contributed by atoms with Gasteiger partial charge in [-0.3, -0.25) is 9.59 Å². The summed E-state index contributed by atoms with van der Waals surface area (Å²) in [6.45, 7) is 1.53. The van der Waals surface area contributed by atoms with Crippen molar-refractivity contribution in [2.24, 2.45) is 10.2 Å². The number of esters is 1. The molecule has 1 aromatic rings. The van der Waals surface area contributed by atoms with E-state index >= 15 is 0 Å². The van der Waals surface area contributed by atoms with Crippen molar-refractivity contribution in [2.75, 3.05) is 6.61 Å². The highest BCUT2D eigenvalue weighted by Gasteiger charge is 2.30. The molecule has 1 unspecified atom stereocenters. The van der Waals surface area contributed by atoms with E-state index in [-0.39, 0.29) is 29.5 Å². The Morgan fingerprint density at radius 1 is 1.45 bits per heavy atom. The van der Waals surface area contributed by atoms with Crippen LogP contribution in [0.2, 0.25) is 0 Å². The molecule has 0 radical (unpaired) electrons. The number of carbonyl (C=O) groups excluding carboxylic acids is 2. The topological polar surface area (TPSA) is 100 Å². The lowest BCUT2D eigenvalue weighted by Crippen LogP contribution is -2.25. The van der Waals surface area contributed by atoms with E-state index in [2.05, 4.69) is 15.5 Å². The van der Waals surface area contributed by atoms with E-state index in [0.717, 1.165) is 5.56 Å². The number of ether oxygens (including phenoxy) is 1. The Kier molecular flexibility index (Phi) is 5.54. The highest BCUT2D eigenvalue weighted by molar-refractivity contribution is 8.15. The Morgan fingerprint density at radius 2 is 2.18 bits per heavy atom. The second-order valence-electron chi connectivity index (χ2n) is 4.47. The van der Waals surface area contributed by atoms with Crippen LogP contribution < -0.4 is 5.32 Å². The quantitative estimate of drug-likeness (QED) is 0.483. The molecule has 1 aliphatic rings. The molecule has 1 aliphatic heterocycles. The molecule has 1 aromatic carbocycles. The predicted octanol–water partition coefficient (Wildman–Crippen LogP) is 1.27. The molecule has 1 atom stereocenters. The van der Waals surface area contributed by atoms with Crippen LogP contribution in [0.1, 0.15) is 18.9 Å². The third-order valence-electron chi connectivity index (χ3n) is 2.71. The van der Waals surface area contributed by atoms with Gasteiger partial charge in [-0.2, -0.15) is 5.10 Å². The van der Waals surface area contributed by atoms with Crippen LogP contribution in [0.25, 0.3) is 0 Å². The van der Waals surface area contributed by atoms with Gasteiger partial charge in [0.15, 0.2) is 5.17 Å². The minimum absolute atomic E-state index is 0.171. The maximum absolute atomic E-state index is 11.7. The third-order valence-corrected chi connectivity index (χ3v) is 3.85. The lowest BCUT2D eigenvalue weighted by atomic mass is 10.2.